The minimum Gasteiger partial charge on any atom is -0.497 e. The second kappa shape index (κ2) is 6.91. The van der Waals surface area contributed by atoms with Gasteiger partial charge >= 0.3 is 11.8 Å². The predicted octanol–water partition coefficient (Wildman–Crippen LogP) is 0.170. The fourth-order valence-electron chi connectivity index (χ4n) is 1.91. The number of morpholine rings is 1. The molecule has 0 bridgehead atoms. The Morgan fingerprint density at radius 2 is 1.90 bits per heavy atom. The van der Waals surface area contributed by atoms with Gasteiger partial charge in [-0.2, -0.15) is 0 Å². The van der Waals surface area contributed by atoms with E-state index in [0.717, 1.165) is 11.3 Å². The summed E-state index contributed by atoms with van der Waals surface area (Å²) in [4.78, 5) is 25.1. The average Bonchev–Trinajstić information content (AvgIpc) is 2.53. The molecule has 1 aliphatic heterocycles. The van der Waals surface area contributed by atoms with Crippen molar-refractivity contribution in [1.82, 2.24) is 10.2 Å². The van der Waals surface area contributed by atoms with E-state index in [1.807, 2.05) is 24.3 Å². The van der Waals surface area contributed by atoms with E-state index in [9.17, 15) is 9.59 Å². The Hall–Kier alpha value is -2.08. The number of hydrogen-bond donors (Lipinski definition) is 1. The maximum Gasteiger partial charge on any atom is 0.312 e. The number of amides is 2. The molecule has 6 heteroatoms. The Kier molecular flexibility index (Phi) is 4.95. The molecule has 1 aromatic rings. The van der Waals surface area contributed by atoms with Crippen LogP contribution >= 0.6 is 0 Å². The van der Waals surface area contributed by atoms with E-state index < -0.39 is 11.8 Å². The molecule has 1 saturated heterocycles. The molecule has 0 aliphatic carbocycles. The molecule has 0 saturated carbocycles. The lowest BCUT2D eigenvalue weighted by Crippen LogP contribution is -2.47. The third-order valence-corrected chi connectivity index (χ3v) is 3.10. The van der Waals surface area contributed by atoms with Gasteiger partial charge in [-0.05, 0) is 17.7 Å². The number of hydrogen-bond acceptors (Lipinski definition) is 4. The third kappa shape index (κ3) is 3.71. The van der Waals surface area contributed by atoms with Crippen LogP contribution in [0.5, 0.6) is 5.75 Å². The first-order valence-electron chi connectivity index (χ1n) is 6.48. The summed E-state index contributed by atoms with van der Waals surface area (Å²) >= 11 is 0. The van der Waals surface area contributed by atoms with Crippen molar-refractivity contribution in [3.8, 4) is 5.75 Å². The van der Waals surface area contributed by atoms with Gasteiger partial charge in [0.1, 0.15) is 5.75 Å². The van der Waals surface area contributed by atoms with Crippen molar-refractivity contribution < 1.29 is 19.1 Å². The number of methoxy groups -OCH3 is 1. The standard InChI is InChI=1S/C14H18N2O4/c1-19-12-4-2-11(3-5-12)10-15-13(17)14(18)16-6-8-20-9-7-16/h2-5H,6-10H2,1H3,(H,15,17). The molecule has 1 heterocycles. The zero-order valence-corrected chi connectivity index (χ0v) is 11.4. The summed E-state index contributed by atoms with van der Waals surface area (Å²) < 4.78 is 10.2. The number of rotatable bonds is 3. The summed E-state index contributed by atoms with van der Waals surface area (Å²) in [7, 11) is 1.60. The van der Waals surface area contributed by atoms with Gasteiger partial charge < -0.3 is 19.7 Å². The highest BCUT2D eigenvalue weighted by molar-refractivity contribution is 6.34. The minimum atomic E-state index is -0.581. The summed E-state index contributed by atoms with van der Waals surface area (Å²) in [6.07, 6.45) is 0. The highest BCUT2D eigenvalue weighted by atomic mass is 16.5. The molecule has 0 atom stereocenters. The summed E-state index contributed by atoms with van der Waals surface area (Å²) in [5.74, 6) is -0.325. The van der Waals surface area contributed by atoms with Crippen molar-refractivity contribution in [2.45, 2.75) is 6.54 Å². The van der Waals surface area contributed by atoms with Crippen molar-refractivity contribution in [1.29, 1.82) is 0 Å². The molecular formula is C14H18N2O4. The van der Waals surface area contributed by atoms with Gasteiger partial charge in [0.2, 0.25) is 0 Å². The van der Waals surface area contributed by atoms with E-state index >= 15 is 0 Å². The van der Waals surface area contributed by atoms with Crippen LogP contribution < -0.4 is 10.1 Å². The molecule has 0 radical (unpaired) electrons. The molecule has 2 amide bonds. The van der Waals surface area contributed by atoms with Crippen LogP contribution in [0.4, 0.5) is 0 Å². The third-order valence-electron chi connectivity index (χ3n) is 3.10. The minimum absolute atomic E-state index is 0.318. The van der Waals surface area contributed by atoms with Crippen molar-refractivity contribution in [2.24, 2.45) is 0 Å². The van der Waals surface area contributed by atoms with Gasteiger partial charge in [0, 0.05) is 19.6 Å². The van der Waals surface area contributed by atoms with Crippen molar-refractivity contribution in [3.05, 3.63) is 29.8 Å². The Morgan fingerprint density at radius 3 is 2.50 bits per heavy atom. The fraction of sp³-hybridized carbons (Fsp3) is 0.429. The Bertz CT molecular complexity index is 467. The first-order valence-corrected chi connectivity index (χ1v) is 6.48. The Labute approximate surface area is 117 Å². The molecule has 0 unspecified atom stereocenters. The molecule has 20 heavy (non-hydrogen) atoms. The zero-order chi connectivity index (χ0) is 14.4. The molecule has 6 nitrogen and oxygen atoms in total. The summed E-state index contributed by atoms with van der Waals surface area (Å²) in [6, 6.07) is 7.31. The molecule has 1 N–H and O–H groups in total. The van der Waals surface area contributed by atoms with Gasteiger partial charge in [0.05, 0.1) is 20.3 Å². The first-order chi connectivity index (χ1) is 9.70. The van der Waals surface area contributed by atoms with Gasteiger partial charge in [-0.25, -0.2) is 0 Å². The first kappa shape index (κ1) is 14.3. The van der Waals surface area contributed by atoms with Crippen LogP contribution in [0.2, 0.25) is 0 Å². The Morgan fingerprint density at radius 1 is 1.25 bits per heavy atom. The van der Waals surface area contributed by atoms with E-state index in [1.54, 1.807) is 7.11 Å². The van der Waals surface area contributed by atoms with Gasteiger partial charge in [-0.15, -0.1) is 0 Å². The van der Waals surface area contributed by atoms with Crippen LogP contribution in [-0.2, 0) is 20.9 Å². The summed E-state index contributed by atoms with van der Waals surface area (Å²) in [5.41, 5.74) is 0.911. The lowest BCUT2D eigenvalue weighted by molar-refractivity contribution is -0.148. The van der Waals surface area contributed by atoms with Gasteiger partial charge in [0.25, 0.3) is 0 Å². The monoisotopic (exact) mass is 278 g/mol. The SMILES string of the molecule is COc1ccc(CNC(=O)C(=O)N2CCOCC2)cc1. The van der Waals surface area contributed by atoms with Crippen LogP contribution in [0.3, 0.4) is 0 Å². The molecule has 1 fully saturated rings. The number of carbonyl (C=O) groups is 2. The van der Waals surface area contributed by atoms with Gasteiger partial charge in [-0.3, -0.25) is 9.59 Å². The summed E-state index contributed by atoms with van der Waals surface area (Å²) in [5, 5.41) is 2.62. The lowest BCUT2D eigenvalue weighted by Gasteiger charge is -2.26. The molecule has 1 aromatic carbocycles. The number of carbonyl (C=O) groups excluding carboxylic acids is 2. The van der Waals surface area contributed by atoms with Crippen LogP contribution in [0.1, 0.15) is 5.56 Å². The normalized spacial score (nSPS) is 14.8. The fourth-order valence-corrected chi connectivity index (χ4v) is 1.91. The molecule has 1 aliphatic rings. The number of nitrogens with one attached hydrogen (secondary N) is 1. The molecule has 108 valence electrons. The van der Waals surface area contributed by atoms with Crippen LogP contribution in [0.15, 0.2) is 24.3 Å². The zero-order valence-electron chi connectivity index (χ0n) is 11.4. The van der Waals surface area contributed by atoms with E-state index in [4.69, 9.17) is 9.47 Å². The average molecular weight is 278 g/mol. The largest absolute Gasteiger partial charge is 0.497 e. The smallest absolute Gasteiger partial charge is 0.312 e. The van der Waals surface area contributed by atoms with E-state index in [0.29, 0.717) is 32.8 Å². The predicted molar refractivity (Wildman–Crippen MR) is 72.2 cm³/mol. The maximum atomic E-state index is 11.9. The molecule has 2 rings (SSSR count). The highest BCUT2D eigenvalue weighted by Gasteiger charge is 2.23. The van der Waals surface area contributed by atoms with Crippen molar-refractivity contribution in [3.63, 3.8) is 0 Å². The number of nitrogens with zero attached hydrogens (tertiary/aromatic N) is 1. The molecule has 0 spiro atoms. The van der Waals surface area contributed by atoms with E-state index in [1.165, 1.54) is 4.90 Å². The maximum absolute atomic E-state index is 11.9. The second-order valence-corrected chi connectivity index (χ2v) is 4.44. The molecular weight excluding hydrogens is 260 g/mol. The second-order valence-electron chi connectivity index (χ2n) is 4.44. The van der Waals surface area contributed by atoms with Gasteiger partial charge in [-0.1, -0.05) is 12.1 Å². The van der Waals surface area contributed by atoms with E-state index in [-0.39, 0.29) is 0 Å². The number of ether oxygens (including phenoxy) is 2. The summed E-state index contributed by atoms with van der Waals surface area (Å²) in [6.45, 7) is 2.22. The van der Waals surface area contributed by atoms with Crippen LogP contribution in [0, 0.1) is 0 Å². The van der Waals surface area contributed by atoms with Crippen LogP contribution in [-0.4, -0.2) is 50.1 Å². The molecule has 0 aromatic heterocycles. The Balaban J connectivity index is 1.82. The van der Waals surface area contributed by atoms with Crippen molar-refractivity contribution in [2.75, 3.05) is 33.4 Å². The number of benzene rings is 1. The van der Waals surface area contributed by atoms with E-state index in [2.05, 4.69) is 5.32 Å². The quantitative estimate of drug-likeness (QED) is 0.800. The topological polar surface area (TPSA) is 67.9 Å². The van der Waals surface area contributed by atoms with Gasteiger partial charge in [0.15, 0.2) is 0 Å². The highest BCUT2D eigenvalue weighted by Crippen LogP contribution is 2.10. The van der Waals surface area contributed by atoms with Crippen LogP contribution in [0.25, 0.3) is 0 Å². The lowest BCUT2D eigenvalue weighted by atomic mass is 10.2. The van der Waals surface area contributed by atoms with Crippen molar-refractivity contribution >= 4 is 11.8 Å².